The van der Waals surface area contributed by atoms with E-state index in [9.17, 15) is 18.3 Å². The summed E-state index contributed by atoms with van der Waals surface area (Å²) >= 11 is 5.81. The minimum atomic E-state index is -3.15. The average molecular weight is 330 g/mol. The molecule has 6 heteroatoms. The maximum atomic E-state index is 14.2. The quantitative estimate of drug-likeness (QED) is 0.830. The summed E-state index contributed by atoms with van der Waals surface area (Å²) in [6.45, 7) is 0.585. The van der Waals surface area contributed by atoms with Gasteiger partial charge in [0.25, 0.3) is 5.92 Å². The van der Waals surface area contributed by atoms with E-state index in [-0.39, 0.29) is 21.8 Å². The molecule has 0 spiro atoms. The van der Waals surface area contributed by atoms with E-state index in [0.29, 0.717) is 0 Å². The van der Waals surface area contributed by atoms with Crippen LogP contribution in [0.1, 0.15) is 24.2 Å². The van der Waals surface area contributed by atoms with E-state index in [2.05, 4.69) is 5.32 Å². The molecular weight excluding hydrogens is 315 g/mol. The first-order valence-corrected chi connectivity index (χ1v) is 7.04. The van der Waals surface area contributed by atoms with Crippen LogP contribution >= 0.6 is 11.6 Å². The largest absolute Gasteiger partial charge is 0.389 e. The summed E-state index contributed by atoms with van der Waals surface area (Å²) < 4.78 is 42.3. The second kappa shape index (κ2) is 6.58. The molecule has 1 unspecified atom stereocenters. The van der Waals surface area contributed by atoms with Gasteiger partial charge in [0.15, 0.2) is 5.82 Å². The van der Waals surface area contributed by atoms with Crippen LogP contribution in [0, 0.1) is 5.82 Å². The summed E-state index contributed by atoms with van der Waals surface area (Å²) in [7, 11) is 0. The minimum Gasteiger partial charge on any atom is -0.389 e. The molecule has 0 saturated heterocycles. The highest BCUT2D eigenvalue weighted by atomic mass is 35.5. The van der Waals surface area contributed by atoms with E-state index >= 15 is 0 Å². The highest BCUT2D eigenvalue weighted by Crippen LogP contribution is 2.32. The Kier molecular flexibility index (Phi) is 4.98. The van der Waals surface area contributed by atoms with E-state index in [0.717, 1.165) is 0 Å². The number of anilines is 1. The van der Waals surface area contributed by atoms with Crippen LogP contribution < -0.4 is 5.32 Å². The van der Waals surface area contributed by atoms with E-state index in [4.69, 9.17) is 11.6 Å². The van der Waals surface area contributed by atoms with Gasteiger partial charge in [-0.1, -0.05) is 41.9 Å². The maximum absolute atomic E-state index is 14.2. The molecule has 0 aliphatic carbocycles. The fraction of sp³-hybridized carbons (Fsp3) is 0.250. The summed E-state index contributed by atoms with van der Waals surface area (Å²) in [4.78, 5) is 0. The molecule has 0 aliphatic heterocycles. The van der Waals surface area contributed by atoms with Crippen LogP contribution in [0.4, 0.5) is 18.9 Å². The molecule has 1 atom stereocenters. The van der Waals surface area contributed by atoms with Gasteiger partial charge < -0.3 is 10.4 Å². The number of hydrogen-bond donors (Lipinski definition) is 2. The lowest BCUT2D eigenvalue weighted by Gasteiger charge is -2.19. The van der Waals surface area contributed by atoms with Crippen LogP contribution in [0.3, 0.4) is 0 Å². The fourth-order valence-corrected chi connectivity index (χ4v) is 2.38. The smallest absolute Gasteiger partial charge is 0.290 e. The lowest BCUT2D eigenvalue weighted by molar-refractivity contribution is 0.0106. The Morgan fingerprint density at radius 2 is 1.82 bits per heavy atom. The molecule has 0 aliphatic rings. The third-order valence-corrected chi connectivity index (χ3v) is 3.57. The van der Waals surface area contributed by atoms with Crippen molar-refractivity contribution in [2.24, 2.45) is 0 Å². The molecule has 2 aromatic carbocycles. The molecule has 22 heavy (non-hydrogen) atoms. The molecule has 0 radical (unpaired) electrons. The molecule has 2 aromatic rings. The summed E-state index contributed by atoms with van der Waals surface area (Å²) in [5.41, 5.74) is -0.404. The number of aliphatic hydroxyl groups excluding tert-OH is 1. The molecule has 2 nitrogen and oxygen atoms in total. The number of rotatable bonds is 5. The van der Waals surface area contributed by atoms with Crippen molar-refractivity contribution < 1.29 is 18.3 Å². The highest BCUT2D eigenvalue weighted by molar-refractivity contribution is 6.31. The van der Waals surface area contributed by atoms with Crippen molar-refractivity contribution >= 4 is 17.3 Å². The Hall–Kier alpha value is -1.72. The molecule has 0 saturated carbocycles. The number of halogens is 4. The van der Waals surface area contributed by atoms with Crippen molar-refractivity contribution in [2.75, 3.05) is 11.9 Å². The first kappa shape index (κ1) is 16.6. The fourth-order valence-electron chi connectivity index (χ4n) is 2.08. The van der Waals surface area contributed by atoms with Crippen LogP contribution in [0.25, 0.3) is 0 Å². The zero-order valence-corrected chi connectivity index (χ0v) is 12.5. The summed E-state index contributed by atoms with van der Waals surface area (Å²) in [6, 6.07) is 9.90. The number of benzene rings is 2. The Morgan fingerprint density at radius 3 is 2.41 bits per heavy atom. The molecule has 0 amide bonds. The Balaban J connectivity index is 2.20. The molecule has 118 valence electrons. The maximum Gasteiger partial charge on any atom is 0.290 e. The van der Waals surface area contributed by atoms with Crippen molar-refractivity contribution in [3.63, 3.8) is 0 Å². The highest BCUT2D eigenvalue weighted by Gasteiger charge is 2.31. The lowest BCUT2D eigenvalue weighted by Crippen LogP contribution is -2.25. The van der Waals surface area contributed by atoms with Crippen molar-refractivity contribution in [1.82, 2.24) is 0 Å². The van der Waals surface area contributed by atoms with E-state index < -0.39 is 24.4 Å². The molecular formula is C16H15ClF3NO. The van der Waals surface area contributed by atoms with Gasteiger partial charge in [-0.2, -0.15) is 8.78 Å². The summed E-state index contributed by atoms with van der Waals surface area (Å²) in [5, 5.41) is 11.9. The number of alkyl halides is 2. The SMILES string of the molecule is CC(O)c1c(Cl)ccc(NCC(F)(F)c2ccccc2)c1F. The molecule has 0 heterocycles. The first-order valence-electron chi connectivity index (χ1n) is 6.66. The van der Waals surface area contributed by atoms with Crippen molar-refractivity contribution in [1.29, 1.82) is 0 Å². The predicted octanol–water partition coefficient (Wildman–Crippen LogP) is 4.74. The van der Waals surface area contributed by atoms with Crippen molar-refractivity contribution in [3.05, 3.63) is 64.4 Å². The Bertz CT molecular complexity index is 647. The van der Waals surface area contributed by atoms with E-state index in [1.807, 2.05) is 0 Å². The average Bonchev–Trinajstić information content (AvgIpc) is 2.47. The predicted molar refractivity (Wildman–Crippen MR) is 80.9 cm³/mol. The Morgan fingerprint density at radius 1 is 1.18 bits per heavy atom. The van der Waals surface area contributed by atoms with Gasteiger partial charge in [0.05, 0.1) is 18.3 Å². The molecule has 2 N–H and O–H groups in total. The van der Waals surface area contributed by atoms with Crippen LogP contribution in [-0.2, 0) is 5.92 Å². The monoisotopic (exact) mass is 329 g/mol. The van der Waals surface area contributed by atoms with E-state index in [1.165, 1.54) is 43.3 Å². The second-order valence-corrected chi connectivity index (χ2v) is 5.33. The number of nitrogens with one attached hydrogen (secondary N) is 1. The van der Waals surface area contributed by atoms with Crippen LogP contribution in [0.15, 0.2) is 42.5 Å². The van der Waals surface area contributed by atoms with Crippen molar-refractivity contribution in [2.45, 2.75) is 19.0 Å². The first-order chi connectivity index (χ1) is 10.3. The van der Waals surface area contributed by atoms with Gasteiger partial charge in [-0.3, -0.25) is 0 Å². The number of aliphatic hydroxyl groups is 1. The normalized spacial score (nSPS) is 13.0. The van der Waals surface area contributed by atoms with Crippen LogP contribution in [0.2, 0.25) is 5.02 Å². The van der Waals surface area contributed by atoms with Crippen LogP contribution in [-0.4, -0.2) is 11.7 Å². The van der Waals surface area contributed by atoms with Gasteiger partial charge in [0.2, 0.25) is 0 Å². The minimum absolute atomic E-state index is 0.0490. The van der Waals surface area contributed by atoms with Crippen LogP contribution in [0.5, 0.6) is 0 Å². The summed E-state index contributed by atoms with van der Waals surface area (Å²) in [5.74, 6) is -3.98. The van der Waals surface area contributed by atoms with Gasteiger partial charge in [-0.25, -0.2) is 4.39 Å². The molecule has 0 aromatic heterocycles. The van der Waals surface area contributed by atoms with E-state index in [1.54, 1.807) is 6.07 Å². The third-order valence-electron chi connectivity index (χ3n) is 3.24. The van der Waals surface area contributed by atoms with Gasteiger partial charge in [-0.15, -0.1) is 0 Å². The molecule has 2 rings (SSSR count). The van der Waals surface area contributed by atoms with Gasteiger partial charge in [0, 0.05) is 16.1 Å². The Labute approximate surface area is 131 Å². The topological polar surface area (TPSA) is 32.3 Å². The zero-order chi connectivity index (χ0) is 16.3. The second-order valence-electron chi connectivity index (χ2n) is 4.92. The lowest BCUT2D eigenvalue weighted by atomic mass is 10.1. The molecule has 0 fully saturated rings. The summed E-state index contributed by atoms with van der Waals surface area (Å²) in [6.07, 6.45) is -1.14. The van der Waals surface area contributed by atoms with Crippen molar-refractivity contribution in [3.8, 4) is 0 Å². The third kappa shape index (κ3) is 3.54. The molecule has 0 bridgehead atoms. The standard InChI is InChI=1S/C16H15ClF3NO/c1-10(22)14-12(17)7-8-13(15(14)18)21-9-16(19,20)11-5-3-2-4-6-11/h2-8,10,21-22H,9H2,1H3. The number of hydrogen-bond acceptors (Lipinski definition) is 2. The zero-order valence-electron chi connectivity index (χ0n) is 11.8. The van der Waals surface area contributed by atoms with Gasteiger partial charge in [0.1, 0.15) is 0 Å². The van der Waals surface area contributed by atoms with Gasteiger partial charge >= 0.3 is 0 Å². The van der Waals surface area contributed by atoms with Gasteiger partial charge in [-0.05, 0) is 19.1 Å².